The van der Waals surface area contributed by atoms with E-state index >= 15 is 0 Å². The SMILES string of the molecule is CCCCCCCCCCCCC(=O)OC[C@@H](COC(=O)CCCCCCCCCCC(C)CC)OC(=O)CCCCCCCCCCCCCCC(C)C. The number of carbonyl (C=O) groups is 3. The van der Waals surface area contributed by atoms with Crippen molar-refractivity contribution in [2.75, 3.05) is 13.2 Å². The van der Waals surface area contributed by atoms with Crippen molar-refractivity contribution in [2.45, 2.75) is 272 Å². The first-order valence-electron chi connectivity index (χ1n) is 24.3. The predicted molar refractivity (Wildman–Crippen MR) is 233 cm³/mol. The highest BCUT2D eigenvalue weighted by molar-refractivity contribution is 5.71. The summed E-state index contributed by atoms with van der Waals surface area (Å²) in [7, 11) is 0. The maximum Gasteiger partial charge on any atom is 0.306 e. The van der Waals surface area contributed by atoms with E-state index in [-0.39, 0.29) is 31.1 Å². The van der Waals surface area contributed by atoms with Crippen molar-refractivity contribution in [3.63, 3.8) is 0 Å². The molecule has 0 fully saturated rings. The van der Waals surface area contributed by atoms with Gasteiger partial charge >= 0.3 is 17.9 Å². The fourth-order valence-corrected chi connectivity index (χ4v) is 7.25. The maximum atomic E-state index is 12.7. The van der Waals surface area contributed by atoms with E-state index in [1.54, 1.807) is 0 Å². The van der Waals surface area contributed by atoms with E-state index < -0.39 is 6.10 Å². The van der Waals surface area contributed by atoms with Crippen molar-refractivity contribution in [2.24, 2.45) is 11.8 Å². The van der Waals surface area contributed by atoms with Crippen molar-refractivity contribution < 1.29 is 28.6 Å². The summed E-state index contributed by atoms with van der Waals surface area (Å²) in [5.41, 5.74) is 0. The van der Waals surface area contributed by atoms with Gasteiger partial charge in [-0.05, 0) is 31.1 Å². The van der Waals surface area contributed by atoms with E-state index in [2.05, 4.69) is 34.6 Å². The minimum atomic E-state index is -0.761. The zero-order chi connectivity index (χ0) is 40.5. The Bertz CT molecular complexity index is 841. The molecule has 1 unspecified atom stereocenters. The lowest BCUT2D eigenvalue weighted by Gasteiger charge is -2.18. The zero-order valence-corrected chi connectivity index (χ0v) is 37.6. The molecule has 2 atom stereocenters. The first-order valence-corrected chi connectivity index (χ1v) is 24.3. The summed E-state index contributed by atoms with van der Waals surface area (Å²) in [6, 6.07) is 0. The smallest absolute Gasteiger partial charge is 0.306 e. The molecule has 6 nitrogen and oxygen atoms in total. The van der Waals surface area contributed by atoms with Gasteiger partial charge in [-0.15, -0.1) is 0 Å². The van der Waals surface area contributed by atoms with E-state index in [1.807, 2.05) is 0 Å². The molecule has 0 aliphatic rings. The van der Waals surface area contributed by atoms with Crippen LogP contribution in [-0.4, -0.2) is 37.2 Å². The normalized spacial score (nSPS) is 12.5. The molecule has 0 aromatic heterocycles. The third-order valence-corrected chi connectivity index (χ3v) is 11.3. The summed E-state index contributed by atoms with van der Waals surface area (Å²) in [6.07, 6.45) is 40.8. The van der Waals surface area contributed by atoms with Gasteiger partial charge in [0.15, 0.2) is 6.10 Å². The van der Waals surface area contributed by atoms with Crippen molar-refractivity contribution in [1.29, 1.82) is 0 Å². The number of esters is 3. The molecule has 0 aliphatic carbocycles. The van der Waals surface area contributed by atoms with E-state index in [4.69, 9.17) is 14.2 Å². The number of ether oxygens (including phenoxy) is 3. The van der Waals surface area contributed by atoms with Gasteiger partial charge in [-0.2, -0.15) is 0 Å². The molecule has 0 saturated carbocycles. The minimum Gasteiger partial charge on any atom is -0.462 e. The van der Waals surface area contributed by atoms with Crippen molar-refractivity contribution >= 4 is 17.9 Å². The molecule has 0 saturated heterocycles. The van der Waals surface area contributed by atoms with E-state index in [0.717, 1.165) is 69.6 Å². The molecule has 0 amide bonds. The first kappa shape index (κ1) is 53.4. The second-order valence-electron chi connectivity index (χ2n) is 17.5. The second-order valence-corrected chi connectivity index (χ2v) is 17.5. The Morgan fingerprint density at radius 1 is 0.382 bits per heavy atom. The number of hydrogen-bond acceptors (Lipinski definition) is 6. The highest BCUT2D eigenvalue weighted by Gasteiger charge is 2.19. The van der Waals surface area contributed by atoms with Crippen molar-refractivity contribution in [3.05, 3.63) is 0 Å². The molecule has 0 N–H and O–H groups in total. The number of hydrogen-bond donors (Lipinski definition) is 0. The molecule has 0 radical (unpaired) electrons. The van der Waals surface area contributed by atoms with Crippen LogP contribution in [0.25, 0.3) is 0 Å². The van der Waals surface area contributed by atoms with E-state index in [0.29, 0.717) is 19.3 Å². The highest BCUT2D eigenvalue weighted by atomic mass is 16.6. The number of rotatable bonds is 43. The molecule has 55 heavy (non-hydrogen) atoms. The lowest BCUT2D eigenvalue weighted by atomic mass is 9.99. The molecular weight excluding hydrogens is 685 g/mol. The van der Waals surface area contributed by atoms with Gasteiger partial charge in [0.25, 0.3) is 0 Å². The molecule has 0 aromatic carbocycles. The van der Waals surface area contributed by atoms with Crippen LogP contribution in [0, 0.1) is 11.8 Å². The predicted octanol–water partition coefficient (Wildman–Crippen LogP) is 15.4. The Morgan fingerprint density at radius 3 is 1.04 bits per heavy atom. The Labute approximate surface area is 342 Å². The van der Waals surface area contributed by atoms with Crippen LogP contribution < -0.4 is 0 Å². The quantitative estimate of drug-likeness (QED) is 0.0348. The van der Waals surface area contributed by atoms with Gasteiger partial charge in [-0.3, -0.25) is 14.4 Å². The summed E-state index contributed by atoms with van der Waals surface area (Å²) in [4.78, 5) is 37.8. The molecule has 0 heterocycles. The van der Waals surface area contributed by atoms with Gasteiger partial charge in [-0.25, -0.2) is 0 Å². The van der Waals surface area contributed by atoms with Crippen LogP contribution in [0.15, 0.2) is 0 Å². The Kier molecular flexibility index (Phi) is 40.8. The molecule has 0 rings (SSSR count). The topological polar surface area (TPSA) is 78.9 Å². The molecule has 6 heteroatoms. The highest BCUT2D eigenvalue weighted by Crippen LogP contribution is 2.17. The molecule has 0 aliphatic heterocycles. The standard InChI is InChI=1S/C49H94O6/c1-6-8-9-10-11-12-18-24-29-34-39-47(50)53-42-46(43-54-48(51)40-35-30-25-21-20-23-28-33-38-45(5)7-2)55-49(52)41-36-31-26-19-16-14-13-15-17-22-27-32-37-44(3)4/h44-46H,6-43H2,1-5H3/t45?,46-/m0/s1. The molecule has 0 bridgehead atoms. The average molecular weight is 779 g/mol. The molecular formula is C49H94O6. The van der Waals surface area contributed by atoms with E-state index in [9.17, 15) is 14.4 Å². The first-order chi connectivity index (χ1) is 26.8. The van der Waals surface area contributed by atoms with Crippen LogP contribution >= 0.6 is 0 Å². The average Bonchev–Trinajstić information content (AvgIpc) is 3.17. The fraction of sp³-hybridized carbons (Fsp3) is 0.939. The number of unbranched alkanes of at least 4 members (excludes halogenated alkanes) is 27. The van der Waals surface area contributed by atoms with Crippen LogP contribution in [0.5, 0.6) is 0 Å². The van der Waals surface area contributed by atoms with Crippen LogP contribution in [0.4, 0.5) is 0 Å². The van der Waals surface area contributed by atoms with Gasteiger partial charge in [0.2, 0.25) is 0 Å². The molecule has 0 spiro atoms. The molecule has 0 aromatic rings. The fourth-order valence-electron chi connectivity index (χ4n) is 7.25. The second kappa shape index (κ2) is 42.0. The summed E-state index contributed by atoms with van der Waals surface area (Å²) < 4.78 is 16.7. The Balaban J connectivity index is 4.32. The zero-order valence-electron chi connectivity index (χ0n) is 37.6. The Hall–Kier alpha value is -1.59. The van der Waals surface area contributed by atoms with Crippen molar-refractivity contribution in [3.8, 4) is 0 Å². The summed E-state index contributed by atoms with van der Waals surface area (Å²) in [6.45, 7) is 11.4. The van der Waals surface area contributed by atoms with Crippen LogP contribution in [0.3, 0.4) is 0 Å². The summed E-state index contributed by atoms with van der Waals surface area (Å²) in [5, 5.41) is 0. The summed E-state index contributed by atoms with van der Waals surface area (Å²) in [5.74, 6) is 0.825. The van der Waals surface area contributed by atoms with Crippen LogP contribution in [0.2, 0.25) is 0 Å². The third-order valence-electron chi connectivity index (χ3n) is 11.3. The third kappa shape index (κ3) is 41.9. The summed E-state index contributed by atoms with van der Waals surface area (Å²) >= 11 is 0. The van der Waals surface area contributed by atoms with Gasteiger partial charge in [0, 0.05) is 19.3 Å². The lowest BCUT2D eigenvalue weighted by Crippen LogP contribution is -2.30. The van der Waals surface area contributed by atoms with Gasteiger partial charge in [0.1, 0.15) is 13.2 Å². The monoisotopic (exact) mass is 779 g/mol. The van der Waals surface area contributed by atoms with Crippen molar-refractivity contribution in [1.82, 2.24) is 0 Å². The van der Waals surface area contributed by atoms with Gasteiger partial charge in [-0.1, -0.05) is 227 Å². The minimum absolute atomic E-state index is 0.0646. The van der Waals surface area contributed by atoms with Gasteiger partial charge < -0.3 is 14.2 Å². The van der Waals surface area contributed by atoms with Gasteiger partial charge in [0.05, 0.1) is 0 Å². The lowest BCUT2D eigenvalue weighted by molar-refractivity contribution is -0.167. The Morgan fingerprint density at radius 2 is 0.691 bits per heavy atom. The van der Waals surface area contributed by atoms with Crippen LogP contribution in [-0.2, 0) is 28.6 Å². The van der Waals surface area contributed by atoms with E-state index in [1.165, 1.54) is 154 Å². The molecule has 326 valence electrons. The number of carbonyl (C=O) groups excluding carboxylic acids is 3. The maximum absolute atomic E-state index is 12.7. The largest absolute Gasteiger partial charge is 0.462 e. The van der Waals surface area contributed by atoms with Crippen LogP contribution in [0.1, 0.15) is 266 Å².